The summed E-state index contributed by atoms with van der Waals surface area (Å²) in [6.45, 7) is 0. The monoisotopic (exact) mass is 158 g/mol. The summed E-state index contributed by atoms with van der Waals surface area (Å²) in [5, 5.41) is 7.65. The fourth-order valence-corrected chi connectivity index (χ4v) is 1.36. The van der Waals surface area contributed by atoms with Gasteiger partial charge >= 0.3 is 0 Å². The molecular formula is C7H11ClN2. The number of hydrogen-bond donors (Lipinski definition) is 1. The smallest absolute Gasteiger partial charge is 0.0566 e. The van der Waals surface area contributed by atoms with Crippen molar-refractivity contribution in [2.24, 2.45) is 4.99 Å². The van der Waals surface area contributed by atoms with Crippen LogP contribution >= 0.6 is 11.6 Å². The number of alkyl halides is 1. The van der Waals surface area contributed by atoms with Gasteiger partial charge in [-0.2, -0.15) is 0 Å². The summed E-state index contributed by atoms with van der Waals surface area (Å²) in [5.74, 6) is 0. The summed E-state index contributed by atoms with van der Waals surface area (Å²) in [7, 11) is 1.72. The molecule has 0 aromatic rings. The molecular weight excluding hydrogens is 148 g/mol. The molecule has 1 rings (SSSR count). The van der Waals surface area contributed by atoms with Gasteiger partial charge in [-0.15, -0.1) is 11.6 Å². The van der Waals surface area contributed by atoms with Crippen molar-refractivity contribution in [3.05, 3.63) is 0 Å². The van der Waals surface area contributed by atoms with E-state index in [0.29, 0.717) is 5.71 Å². The number of halogens is 1. The molecule has 1 atom stereocenters. The van der Waals surface area contributed by atoms with E-state index in [4.69, 9.17) is 17.0 Å². The van der Waals surface area contributed by atoms with Gasteiger partial charge in [0.2, 0.25) is 0 Å². The van der Waals surface area contributed by atoms with Gasteiger partial charge in [-0.1, -0.05) is 0 Å². The molecule has 0 spiro atoms. The number of hydrogen-bond acceptors (Lipinski definition) is 2. The maximum absolute atomic E-state index is 7.45. The second-order valence-corrected chi connectivity index (χ2v) is 3.11. The van der Waals surface area contributed by atoms with Crippen LogP contribution in [0.4, 0.5) is 0 Å². The van der Waals surface area contributed by atoms with Gasteiger partial charge in [0.1, 0.15) is 0 Å². The van der Waals surface area contributed by atoms with Crippen molar-refractivity contribution in [1.29, 1.82) is 5.41 Å². The summed E-state index contributed by atoms with van der Waals surface area (Å²) in [6, 6.07) is 0. The minimum absolute atomic E-state index is 0.202. The molecule has 0 amide bonds. The fourth-order valence-electron chi connectivity index (χ4n) is 1.11. The number of rotatable bonds is 0. The van der Waals surface area contributed by atoms with Crippen molar-refractivity contribution in [2.45, 2.75) is 24.6 Å². The van der Waals surface area contributed by atoms with Gasteiger partial charge in [-0.25, -0.2) is 0 Å². The molecule has 1 unspecified atom stereocenters. The third-order valence-electron chi connectivity index (χ3n) is 1.74. The normalized spacial score (nSPS) is 31.2. The minimum atomic E-state index is 0.202. The predicted molar refractivity (Wildman–Crippen MR) is 44.6 cm³/mol. The Morgan fingerprint density at radius 1 is 1.70 bits per heavy atom. The highest BCUT2D eigenvalue weighted by atomic mass is 35.5. The van der Waals surface area contributed by atoms with E-state index in [2.05, 4.69) is 4.99 Å². The topological polar surface area (TPSA) is 36.2 Å². The average molecular weight is 159 g/mol. The molecule has 1 aliphatic rings. The van der Waals surface area contributed by atoms with E-state index < -0.39 is 0 Å². The molecule has 1 fully saturated rings. The summed E-state index contributed by atoms with van der Waals surface area (Å²) in [4.78, 5) is 3.99. The zero-order chi connectivity index (χ0) is 7.56. The molecule has 0 radical (unpaired) electrons. The molecule has 1 aliphatic carbocycles. The third-order valence-corrected chi connectivity index (χ3v) is 2.11. The lowest BCUT2D eigenvalue weighted by molar-refractivity contribution is 0.783. The first-order chi connectivity index (χ1) is 4.74. The van der Waals surface area contributed by atoms with Gasteiger partial charge < -0.3 is 5.41 Å². The zero-order valence-corrected chi connectivity index (χ0v) is 6.78. The van der Waals surface area contributed by atoms with Crippen molar-refractivity contribution >= 4 is 23.0 Å². The van der Waals surface area contributed by atoms with Crippen LogP contribution in [0.3, 0.4) is 0 Å². The Morgan fingerprint density at radius 2 is 2.40 bits per heavy atom. The largest absolute Gasteiger partial charge is 0.303 e. The number of nitrogens with one attached hydrogen (secondary N) is 1. The van der Waals surface area contributed by atoms with Crippen LogP contribution in [0.5, 0.6) is 0 Å². The van der Waals surface area contributed by atoms with Crippen molar-refractivity contribution < 1.29 is 0 Å². The summed E-state index contributed by atoms with van der Waals surface area (Å²) >= 11 is 5.88. The van der Waals surface area contributed by atoms with Gasteiger partial charge in [0.05, 0.1) is 11.4 Å². The van der Waals surface area contributed by atoms with Crippen LogP contribution in [0.2, 0.25) is 0 Å². The van der Waals surface area contributed by atoms with Gasteiger partial charge in [0.25, 0.3) is 0 Å². The molecule has 0 aromatic heterocycles. The first-order valence-corrected chi connectivity index (χ1v) is 3.85. The van der Waals surface area contributed by atoms with Crippen molar-refractivity contribution in [3.63, 3.8) is 0 Å². The lowest BCUT2D eigenvalue weighted by Crippen LogP contribution is -2.24. The van der Waals surface area contributed by atoms with Crippen LogP contribution in [0.25, 0.3) is 0 Å². The molecule has 10 heavy (non-hydrogen) atoms. The molecule has 0 saturated heterocycles. The molecule has 2 nitrogen and oxygen atoms in total. The Morgan fingerprint density at radius 3 is 2.90 bits per heavy atom. The third kappa shape index (κ3) is 1.57. The summed E-state index contributed by atoms with van der Waals surface area (Å²) in [6.07, 6.45) is 2.50. The van der Waals surface area contributed by atoms with E-state index in [1.807, 2.05) is 0 Å². The molecule has 1 N–H and O–H groups in total. The Balaban J connectivity index is 2.63. The Labute approximate surface area is 65.8 Å². The minimum Gasteiger partial charge on any atom is -0.303 e. The highest BCUT2D eigenvalue weighted by molar-refractivity contribution is 6.43. The van der Waals surface area contributed by atoms with E-state index in [0.717, 1.165) is 25.0 Å². The maximum atomic E-state index is 7.45. The quantitative estimate of drug-likeness (QED) is 0.523. The van der Waals surface area contributed by atoms with E-state index in [1.165, 1.54) is 0 Å². The Hall–Kier alpha value is -0.370. The summed E-state index contributed by atoms with van der Waals surface area (Å²) in [5.41, 5.74) is 1.55. The highest BCUT2D eigenvalue weighted by Crippen LogP contribution is 2.18. The zero-order valence-electron chi connectivity index (χ0n) is 6.02. The lowest BCUT2D eigenvalue weighted by atomic mass is 9.96. The molecule has 0 bridgehead atoms. The van der Waals surface area contributed by atoms with Gasteiger partial charge in [-0.3, -0.25) is 4.99 Å². The van der Waals surface area contributed by atoms with E-state index in [1.54, 1.807) is 7.05 Å². The van der Waals surface area contributed by atoms with Crippen molar-refractivity contribution in [2.75, 3.05) is 7.05 Å². The fraction of sp³-hybridized carbons (Fsp3) is 0.714. The van der Waals surface area contributed by atoms with Crippen LogP contribution in [-0.2, 0) is 0 Å². The van der Waals surface area contributed by atoms with Crippen LogP contribution < -0.4 is 0 Å². The molecule has 0 aromatic carbocycles. The van der Waals surface area contributed by atoms with Crippen LogP contribution in [-0.4, -0.2) is 23.8 Å². The van der Waals surface area contributed by atoms with Crippen LogP contribution in [0, 0.1) is 5.41 Å². The van der Waals surface area contributed by atoms with Gasteiger partial charge in [-0.05, 0) is 12.8 Å². The molecule has 56 valence electrons. The van der Waals surface area contributed by atoms with E-state index >= 15 is 0 Å². The van der Waals surface area contributed by atoms with Gasteiger partial charge in [0.15, 0.2) is 0 Å². The average Bonchev–Trinajstić information content (AvgIpc) is 1.94. The first kappa shape index (κ1) is 7.73. The van der Waals surface area contributed by atoms with Crippen LogP contribution in [0.15, 0.2) is 4.99 Å². The second-order valence-electron chi connectivity index (χ2n) is 2.49. The summed E-state index contributed by atoms with van der Waals surface area (Å²) < 4.78 is 0. The lowest BCUT2D eigenvalue weighted by Gasteiger charge is -2.17. The number of aliphatic imine (C=N–C) groups is 1. The maximum Gasteiger partial charge on any atom is 0.0566 e. The van der Waals surface area contributed by atoms with Crippen LogP contribution in [0.1, 0.15) is 19.3 Å². The first-order valence-electron chi connectivity index (χ1n) is 3.41. The SMILES string of the molecule is CN=C1CC(Cl)CCC1=N. The standard InChI is InChI=1S/C7H11ClN2/c1-10-7-4-5(8)2-3-6(7)9/h5,9H,2-4H2,1H3. The second kappa shape index (κ2) is 3.15. The molecule has 0 heterocycles. The highest BCUT2D eigenvalue weighted by Gasteiger charge is 2.19. The Kier molecular flexibility index (Phi) is 2.44. The molecule has 1 saturated carbocycles. The van der Waals surface area contributed by atoms with Gasteiger partial charge in [0, 0.05) is 18.8 Å². The predicted octanol–water partition coefficient (Wildman–Crippen LogP) is 1.87. The van der Waals surface area contributed by atoms with E-state index in [9.17, 15) is 0 Å². The Bertz CT molecular complexity index is 174. The van der Waals surface area contributed by atoms with Crippen molar-refractivity contribution in [1.82, 2.24) is 0 Å². The molecule has 3 heteroatoms. The van der Waals surface area contributed by atoms with E-state index in [-0.39, 0.29) is 5.38 Å². The van der Waals surface area contributed by atoms with Crippen molar-refractivity contribution in [3.8, 4) is 0 Å². The molecule has 0 aliphatic heterocycles. The number of nitrogens with zero attached hydrogens (tertiary/aromatic N) is 1.